The van der Waals surface area contributed by atoms with E-state index in [1.54, 1.807) is 0 Å². The molecule has 4 rings (SSSR count). The summed E-state index contributed by atoms with van der Waals surface area (Å²) in [6.45, 7) is 12.4. The van der Waals surface area contributed by atoms with Crippen LogP contribution in [0.15, 0.2) is 60.7 Å². The zero-order valence-electron chi connectivity index (χ0n) is 19.7. The fourth-order valence-electron chi connectivity index (χ4n) is 4.00. The lowest BCUT2D eigenvalue weighted by Crippen LogP contribution is -2.13. The molecule has 0 aliphatic heterocycles. The molecule has 3 aromatic carbocycles. The van der Waals surface area contributed by atoms with Crippen LogP contribution in [0.5, 0.6) is 11.5 Å². The van der Waals surface area contributed by atoms with Crippen molar-refractivity contribution in [1.29, 1.82) is 0 Å². The molecule has 166 valence electrons. The highest BCUT2D eigenvalue weighted by molar-refractivity contribution is 5.75. The Bertz CT molecular complexity index is 1220. The predicted octanol–water partition coefficient (Wildman–Crippen LogP) is 6.74. The number of hydrogen-bond donors (Lipinski definition) is 0. The number of nitrogens with zero attached hydrogens (tertiary/aromatic N) is 2. The van der Waals surface area contributed by atoms with Gasteiger partial charge in [-0.05, 0) is 73.2 Å². The minimum absolute atomic E-state index is 0.399. The number of para-hydroxylation sites is 2. The molecule has 0 spiro atoms. The number of aromatic nitrogens is 2. The monoisotopic (exact) mass is 428 g/mol. The van der Waals surface area contributed by atoms with Crippen LogP contribution in [0.25, 0.3) is 11.0 Å². The third-order valence-electron chi connectivity index (χ3n) is 6.01. The van der Waals surface area contributed by atoms with Gasteiger partial charge in [-0.25, -0.2) is 4.98 Å². The van der Waals surface area contributed by atoms with Gasteiger partial charge in [0.15, 0.2) is 0 Å². The second-order valence-corrected chi connectivity index (χ2v) is 8.70. The average Bonchev–Trinajstić information content (AvgIpc) is 3.12. The van der Waals surface area contributed by atoms with Crippen LogP contribution in [0.1, 0.15) is 47.8 Å². The average molecular weight is 429 g/mol. The van der Waals surface area contributed by atoms with Crippen molar-refractivity contribution in [2.24, 2.45) is 0 Å². The highest BCUT2D eigenvalue weighted by Crippen LogP contribution is 2.29. The Hall–Kier alpha value is -3.27. The van der Waals surface area contributed by atoms with Crippen molar-refractivity contribution in [3.63, 3.8) is 0 Å². The van der Waals surface area contributed by atoms with E-state index in [1.807, 2.05) is 30.3 Å². The van der Waals surface area contributed by atoms with Crippen LogP contribution in [-0.4, -0.2) is 16.2 Å². The second-order valence-electron chi connectivity index (χ2n) is 8.70. The van der Waals surface area contributed by atoms with Crippen LogP contribution in [0.2, 0.25) is 0 Å². The Kier molecular flexibility index (Phi) is 6.50. The van der Waals surface area contributed by atoms with Gasteiger partial charge in [-0.1, -0.05) is 50.2 Å². The summed E-state index contributed by atoms with van der Waals surface area (Å²) in [7, 11) is 0. The Morgan fingerprint density at radius 2 is 1.69 bits per heavy atom. The molecular formula is C28H32N2O2. The molecule has 0 saturated carbocycles. The van der Waals surface area contributed by atoms with Crippen LogP contribution < -0.4 is 9.47 Å². The normalized spacial score (nSPS) is 11.3. The van der Waals surface area contributed by atoms with Crippen LogP contribution in [0.4, 0.5) is 0 Å². The van der Waals surface area contributed by atoms with E-state index in [1.165, 1.54) is 22.3 Å². The van der Waals surface area contributed by atoms with Crippen LogP contribution in [0.3, 0.4) is 0 Å². The molecule has 4 heteroatoms. The van der Waals surface area contributed by atoms with Gasteiger partial charge in [0.1, 0.15) is 30.5 Å². The summed E-state index contributed by atoms with van der Waals surface area (Å²) in [5.41, 5.74) is 6.92. The zero-order chi connectivity index (χ0) is 22.7. The van der Waals surface area contributed by atoms with Crippen molar-refractivity contribution in [3.8, 4) is 11.5 Å². The molecule has 0 atom stereocenters. The zero-order valence-corrected chi connectivity index (χ0v) is 19.7. The van der Waals surface area contributed by atoms with Gasteiger partial charge in [-0.3, -0.25) is 0 Å². The molecule has 4 aromatic rings. The molecule has 0 N–H and O–H groups in total. The fraction of sp³-hybridized carbons (Fsp3) is 0.321. The van der Waals surface area contributed by atoms with E-state index in [9.17, 15) is 0 Å². The maximum absolute atomic E-state index is 6.31. The second kappa shape index (κ2) is 9.47. The van der Waals surface area contributed by atoms with E-state index in [-0.39, 0.29) is 0 Å². The van der Waals surface area contributed by atoms with Crippen molar-refractivity contribution in [3.05, 3.63) is 88.7 Å². The third-order valence-corrected chi connectivity index (χ3v) is 6.01. The number of aryl methyl sites for hydroxylation is 2. The van der Waals surface area contributed by atoms with Gasteiger partial charge in [0.25, 0.3) is 0 Å². The number of ether oxygens (including phenoxy) is 2. The molecule has 0 bridgehead atoms. The minimum atomic E-state index is 0.399. The Morgan fingerprint density at radius 3 is 2.50 bits per heavy atom. The summed E-state index contributed by atoms with van der Waals surface area (Å²) in [6.07, 6.45) is 0. The summed E-state index contributed by atoms with van der Waals surface area (Å²) in [6, 6.07) is 20.8. The lowest BCUT2D eigenvalue weighted by atomic mass is 10.0. The molecule has 0 fully saturated rings. The van der Waals surface area contributed by atoms with Gasteiger partial charge in [-0.2, -0.15) is 0 Å². The number of imidazole rings is 1. The lowest BCUT2D eigenvalue weighted by Gasteiger charge is -2.16. The first-order valence-corrected chi connectivity index (χ1v) is 11.3. The van der Waals surface area contributed by atoms with Gasteiger partial charge < -0.3 is 14.0 Å². The van der Waals surface area contributed by atoms with Gasteiger partial charge in [0.2, 0.25) is 0 Å². The third kappa shape index (κ3) is 4.64. The van der Waals surface area contributed by atoms with E-state index < -0.39 is 0 Å². The van der Waals surface area contributed by atoms with Crippen molar-refractivity contribution >= 4 is 11.0 Å². The SMILES string of the molecule is Cc1ccc(C(C)C)c(OCc2nc3ccccc3n2CCOc2cccc(C)c2C)c1. The molecule has 0 aliphatic rings. The smallest absolute Gasteiger partial charge is 0.148 e. The summed E-state index contributed by atoms with van der Waals surface area (Å²) >= 11 is 0. The fourth-order valence-corrected chi connectivity index (χ4v) is 4.00. The van der Waals surface area contributed by atoms with Crippen molar-refractivity contribution in [2.45, 2.75) is 53.7 Å². The summed E-state index contributed by atoms with van der Waals surface area (Å²) < 4.78 is 14.7. The Labute approximate surface area is 190 Å². The van der Waals surface area contributed by atoms with Gasteiger partial charge in [0, 0.05) is 0 Å². The quantitative estimate of drug-likeness (QED) is 0.312. The van der Waals surface area contributed by atoms with Crippen LogP contribution in [0, 0.1) is 20.8 Å². The molecule has 1 heterocycles. The van der Waals surface area contributed by atoms with Crippen molar-refractivity contribution in [2.75, 3.05) is 6.61 Å². The summed E-state index contributed by atoms with van der Waals surface area (Å²) in [5.74, 6) is 3.18. The largest absolute Gasteiger partial charge is 0.491 e. The molecule has 32 heavy (non-hydrogen) atoms. The molecule has 0 amide bonds. The molecular weight excluding hydrogens is 396 g/mol. The van der Waals surface area contributed by atoms with Crippen LogP contribution >= 0.6 is 0 Å². The van der Waals surface area contributed by atoms with E-state index in [2.05, 4.69) is 69.5 Å². The Morgan fingerprint density at radius 1 is 0.875 bits per heavy atom. The van der Waals surface area contributed by atoms with Crippen LogP contribution in [-0.2, 0) is 13.2 Å². The minimum Gasteiger partial charge on any atom is -0.491 e. The number of hydrogen-bond acceptors (Lipinski definition) is 3. The van der Waals surface area contributed by atoms with E-state index >= 15 is 0 Å². The van der Waals surface area contributed by atoms with Gasteiger partial charge >= 0.3 is 0 Å². The van der Waals surface area contributed by atoms with E-state index in [4.69, 9.17) is 14.5 Å². The Balaban J connectivity index is 1.56. The van der Waals surface area contributed by atoms with Gasteiger partial charge in [0.05, 0.1) is 17.6 Å². The maximum atomic E-state index is 6.31. The molecule has 0 unspecified atom stereocenters. The topological polar surface area (TPSA) is 36.3 Å². The number of benzene rings is 3. The first-order valence-electron chi connectivity index (χ1n) is 11.3. The van der Waals surface area contributed by atoms with E-state index in [0.29, 0.717) is 25.7 Å². The first kappa shape index (κ1) is 21.9. The number of fused-ring (bicyclic) bond motifs is 1. The summed E-state index contributed by atoms with van der Waals surface area (Å²) in [5, 5.41) is 0. The van der Waals surface area contributed by atoms with E-state index in [0.717, 1.165) is 28.4 Å². The molecule has 0 radical (unpaired) electrons. The standard InChI is InChI=1S/C28H32N2O2/c1-19(2)23-14-13-20(3)17-27(23)32-18-28-29-24-10-6-7-11-25(24)30(28)15-16-31-26-12-8-9-21(4)22(26)5/h6-14,17,19H,15-16,18H2,1-5H3. The molecule has 0 aliphatic carbocycles. The highest BCUT2D eigenvalue weighted by Gasteiger charge is 2.14. The molecule has 1 aromatic heterocycles. The molecule has 0 saturated heterocycles. The lowest BCUT2D eigenvalue weighted by molar-refractivity contribution is 0.269. The molecule has 4 nitrogen and oxygen atoms in total. The number of rotatable bonds is 8. The predicted molar refractivity (Wildman–Crippen MR) is 131 cm³/mol. The summed E-state index contributed by atoms with van der Waals surface area (Å²) in [4.78, 5) is 4.86. The van der Waals surface area contributed by atoms with Gasteiger partial charge in [-0.15, -0.1) is 0 Å². The van der Waals surface area contributed by atoms with Crippen molar-refractivity contribution < 1.29 is 9.47 Å². The van der Waals surface area contributed by atoms with Crippen molar-refractivity contribution in [1.82, 2.24) is 9.55 Å². The first-order chi connectivity index (χ1) is 15.4. The maximum Gasteiger partial charge on any atom is 0.148 e. The highest BCUT2D eigenvalue weighted by atomic mass is 16.5.